The van der Waals surface area contributed by atoms with E-state index in [0.29, 0.717) is 24.1 Å². The maximum atomic E-state index is 11.8. The minimum atomic E-state index is 0.116. The first-order chi connectivity index (χ1) is 7.31. The minimum absolute atomic E-state index is 0.116. The number of aromatic nitrogens is 1. The molecule has 1 aromatic heterocycles. The molecule has 4 nitrogen and oxygen atoms in total. The number of rotatable bonds is 6. The maximum Gasteiger partial charge on any atom is 0.205 e. The van der Waals surface area contributed by atoms with Gasteiger partial charge in [-0.25, -0.2) is 4.98 Å². The van der Waals surface area contributed by atoms with Gasteiger partial charge in [0.1, 0.15) is 0 Å². The van der Waals surface area contributed by atoms with Gasteiger partial charge in [0.2, 0.25) is 5.78 Å². The molecule has 0 aliphatic heterocycles. The molecular weight excluding hydrogens is 210 g/mol. The van der Waals surface area contributed by atoms with Crippen LogP contribution in [-0.2, 0) is 0 Å². The highest BCUT2D eigenvalue weighted by atomic mass is 32.1. The first kappa shape index (κ1) is 10.7. The van der Waals surface area contributed by atoms with E-state index in [9.17, 15) is 4.79 Å². The van der Waals surface area contributed by atoms with Crippen LogP contribution in [0.25, 0.3) is 0 Å². The van der Waals surface area contributed by atoms with E-state index >= 15 is 0 Å². The second-order valence-corrected chi connectivity index (χ2v) is 4.65. The van der Waals surface area contributed by atoms with Gasteiger partial charge in [-0.3, -0.25) is 9.69 Å². The Labute approximate surface area is 93.1 Å². The molecular formula is C10H15N3OS. The zero-order valence-corrected chi connectivity index (χ0v) is 9.37. The third-order valence-corrected chi connectivity index (χ3v) is 3.31. The highest BCUT2D eigenvalue weighted by Crippen LogP contribution is 2.26. The Morgan fingerprint density at radius 1 is 1.67 bits per heavy atom. The summed E-state index contributed by atoms with van der Waals surface area (Å²) in [5, 5.41) is 2.44. The molecule has 15 heavy (non-hydrogen) atoms. The van der Waals surface area contributed by atoms with Crippen LogP contribution in [0.3, 0.4) is 0 Å². The van der Waals surface area contributed by atoms with Gasteiger partial charge in [0.05, 0.1) is 6.54 Å². The number of nitrogens with zero attached hydrogens (tertiary/aromatic N) is 2. The summed E-state index contributed by atoms with van der Waals surface area (Å²) in [5.74, 6) is 0.116. The summed E-state index contributed by atoms with van der Waals surface area (Å²) in [6.07, 6.45) is 4.07. The molecule has 0 unspecified atom stereocenters. The van der Waals surface area contributed by atoms with Crippen LogP contribution in [0, 0.1) is 0 Å². The van der Waals surface area contributed by atoms with Gasteiger partial charge in [-0.1, -0.05) is 0 Å². The van der Waals surface area contributed by atoms with Gasteiger partial charge in [-0.2, -0.15) is 0 Å². The first-order valence-electron chi connectivity index (χ1n) is 5.18. The van der Waals surface area contributed by atoms with E-state index in [1.165, 1.54) is 24.2 Å². The first-order valence-corrected chi connectivity index (χ1v) is 6.06. The van der Waals surface area contributed by atoms with Gasteiger partial charge < -0.3 is 5.73 Å². The Kier molecular flexibility index (Phi) is 3.45. The van der Waals surface area contributed by atoms with Crippen molar-refractivity contribution >= 4 is 17.1 Å². The fourth-order valence-electron chi connectivity index (χ4n) is 1.61. The van der Waals surface area contributed by atoms with Gasteiger partial charge in [0.25, 0.3) is 0 Å². The van der Waals surface area contributed by atoms with E-state index in [0.717, 1.165) is 6.54 Å². The quantitative estimate of drug-likeness (QED) is 0.726. The summed E-state index contributed by atoms with van der Waals surface area (Å²) in [5.41, 5.74) is 5.52. The van der Waals surface area contributed by atoms with Crippen LogP contribution in [0.15, 0.2) is 11.6 Å². The summed E-state index contributed by atoms with van der Waals surface area (Å²) in [4.78, 5) is 18.0. The molecule has 1 heterocycles. The number of carbonyl (C=O) groups excluding carboxylic acids is 1. The number of Topliss-reactive ketones (excluding diaryl/α,β-unsaturated/α-hetero) is 1. The van der Waals surface area contributed by atoms with Gasteiger partial charge in [0, 0.05) is 30.7 Å². The van der Waals surface area contributed by atoms with Gasteiger partial charge >= 0.3 is 0 Å². The summed E-state index contributed by atoms with van der Waals surface area (Å²) >= 11 is 1.40. The molecule has 1 aliphatic carbocycles. The molecule has 0 saturated heterocycles. The lowest BCUT2D eigenvalue weighted by atomic mass is 10.3. The van der Waals surface area contributed by atoms with Gasteiger partial charge in [0.15, 0.2) is 5.01 Å². The molecule has 0 radical (unpaired) electrons. The van der Waals surface area contributed by atoms with E-state index in [1.807, 2.05) is 5.38 Å². The molecule has 0 atom stereocenters. The highest BCUT2D eigenvalue weighted by molar-refractivity contribution is 7.11. The Morgan fingerprint density at radius 2 is 2.47 bits per heavy atom. The molecule has 1 aromatic rings. The van der Waals surface area contributed by atoms with Crippen molar-refractivity contribution in [3.8, 4) is 0 Å². The Morgan fingerprint density at radius 3 is 3.00 bits per heavy atom. The number of thiazole rings is 1. The third-order valence-electron chi connectivity index (χ3n) is 2.50. The Bertz CT molecular complexity index is 321. The summed E-state index contributed by atoms with van der Waals surface area (Å²) in [6.45, 7) is 1.89. The average molecular weight is 225 g/mol. The fourth-order valence-corrected chi connectivity index (χ4v) is 2.18. The monoisotopic (exact) mass is 225 g/mol. The number of carbonyl (C=O) groups is 1. The van der Waals surface area contributed by atoms with Crippen molar-refractivity contribution in [3.05, 3.63) is 16.6 Å². The van der Waals surface area contributed by atoms with Crippen molar-refractivity contribution < 1.29 is 4.79 Å². The lowest BCUT2D eigenvalue weighted by molar-refractivity contribution is 0.0926. The van der Waals surface area contributed by atoms with Gasteiger partial charge in [-0.05, 0) is 12.8 Å². The smallest absolute Gasteiger partial charge is 0.205 e. The van der Waals surface area contributed by atoms with Crippen molar-refractivity contribution in [1.29, 1.82) is 0 Å². The molecule has 0 spiro atoms. The van der Waals surface area contributed by atoms with Crippen LogP contribution in [-0.4, -0.2) is 41.3 Å². The number of nitrogens with two attached hydrogens (primary N) is 1. The fraction of sp³-hybridized carbons (Fsp3) is 0.600. The summed E-state index contributed by atoms with van der Waals surface area (Å²) in [7, 11) is 0. The SMILES string of the molecule is NCCN(CC(=O)c1nccs1)C1CC1. The van der Waals surface area contributed by atoms with E-state index < -0.39 is 0 Å². The predicted molar refractivity (Wildman–Crippen MR) is 60.1 cm³/mol. The zero-order chi connectivity index (χ0) is 10.7. The normalized spacial score (nSPS) is 15.9. The highest BCUT2D eigenvalue weighted by Gasteiger charge is 2.30. The standard InChI is InChI=1S/C10H15N3OS/c11-3-5-13(8-1-2-8)7-9(14)10-12-4-6-15-10/h4,6,8H,1-3,5,7,11H2. The molecule has 5 heteroatoms. The summed E-state index contributed by atoms with van der Waals surface area (Å²) < 4.78 is 0. The van der Waals surface area contributed by atoms with Crippen molar-refractivity contribution in [3.63, 3.8) is 0 Å². The maximum absolute atomic E-state index is 11.8. The topological polar surface area (TPSA) is 59.2 Å². The predicted octanol–water partition coefficient (Wildman–Crippen LogP) is 0.749. The average Bonchev–Trinajstić information content (AvgIpc) is 2.92. The van der Waals surface area contributed by atoms with Crippen molar-refractivity contribution in [2.24, 2.45) is 5.73 Å². The van der Waals surface area contributed by atoms with Crippen LogP contribution in [0.2, 0.25) is 0 Å². The molecule has 82 valence electrons. The Hall–Kier alpha value is -0.780. The van der Waals surface area contributed by atoms with Crippen molar-refractivity contribution in [2.75, 3.05) is 19.6 Å². The van der Waals surface area contributed by atoms with Crippen LogP contribution >= 0.6 is 11.3 Å². The molecule has 2 rings (SSSR count). The van der Waals surface area contributed by atoms with Crippen LogP contribution in [0.5, 0.6) is 0 Å². The summed E-state index contributed by atoms with van der Waals surface area (Å²) in [6, 6.07) is 0.581. The van der Waals surface area contributed by atoms with E-state index in [1.54, 1.807) is 6.20 Å². The number of hydrogen-bond donors (Lipinski definition) is 1. The molecule has 1 fully saturated rings. The number of ketones is 1. The van der Waals surface area contributed by atoms with E-state index in [4.69, 9.17) is 5.73 Å². The van der Waals surface area contributed by atoms with Crippen molar-refractivity contribution in [2.45, 2.75) is 18.9 Å². The second kappa shape index (κ2) is 4.83. The van der Waals surface area contributed by atoms with Crippen LogP contribution in [0.4, 0.5) is 0 Å². The molecule has 1 saturated carbocycles. The Balaban J connectivity index is 1.91. The minimum Gasteiger partial charge on any atom is -0.329 e. The molecule has 0 amide bonds. The van der Waals surface area contributed by atoms with Gasteiger partial charge in [-0.15, -0.1) is 11.3 Å². The van der Waals surface area contributed by atoms with E-state index in [2.05, 4.69) is 9.88 Å². The molecule has 2 N–H and O–H groups in total. The lowest BCUT2D eigenvalue weighted by Gasteiger charge is -2.19. The molecule has 1 aliphatic rings. The van der Waals surface area contributed by atoms with Crippen LogP contribution in [0.1, 0.15) is 22.6 Å². The second-order valence-electron chi connectivity index (χ2n) is 3.75. The molecule has 0 aromatic carbocycles. The van der Waals surface area contributed by atoms with E-state index in [-0.39, 0.29) is 5.78 Å². The lowest BCUT2D eigenvalue weighted by Crippen LogP contribution is -2.35. The molecule has 0 bridgehead atoms. The number of hydrogen-bond acceptors (Lipinski definition) is 5. The van der Waals surface area contributed by atoms with Crippen molar-refractivity contribution in [1.82, 2.24) is 9.88 Å². The largest absolute Gasteiger partial charge is 0.329 e. The third kappa shape index (κ3) is 2.84. The zero-order valence-electron chi connectivity index (χ0n) is 8.56. The van der Waals surface area contributed by atoms with Crippen LogP contribution < -0.4 is 5.73 Å².